The molecule has 1 fully saturated rings. The first-order valence-corrected chi connectivity index (χ1v) is 10.8. The third-order valence-electron chi connectivity index (χ3n) is 5.78. The number of carbonyl (C=O) groups is 2. The summed E-state index contributed by atoms with van der Waals surface area (Å²) in [5.74, 6) is -0.242. The van der Waals surface area contributed by atoms with Gasteiger partial charge in [-0.3, -0.25) is 14.5 Å². The Morgan fingerprint density at radius 3 is 2.39 bits per heavy atom. The SMILES string of the molecule is Cc1ccc(N(CC(=O)N2CCCCC2)C(=O)c2cnn(-c3ccccc3C)c2)cc1. The third kappa shape index (κ3) is 4.68. The van der Waals surface area contributed by atoms with Crippen LogP contribution >= 0.6 is 0 Å². The summed E-state index contributed by atoms with van der Waals surface area (Å²) < 4.78 is 1.71. The molecule has 0 saturated carbocycles. The van der Waals surface area contributed by atoms with Crippen LogP contribution in [0.1, 0.15) is 40.7 Å². The average Bonchev–Trinajstić information content (AvgIpc) is 3.28. The van der Waals surface area contributed by atoms with Gasteiger partial charge in [0.05, 0.1) is 17.4 Å². The largest absolute Gasteiger partial charge is 0.341 e. The summed E-state index contributed by atoms with van der Waals surface area (Å²) in [6.07, 6.45) is 6.50. The molecule has 2 heterocycles. The Hall–Kier alpha value is -3.41. The molecule has 2 amide bonds. The molecular formula is C25H28N4O2. The number of hydrogen-bond acceptors (Lipinski definition) is 3. The lowest BCUT2D eigenvalue weighted by molar-refractivity contribution is -0.130. The van der Waals surface area contributed by atoms with Crippen molar-refractivity contribution in [1.82, 2.24) is 14.7 Å². The van der Waals surface area contributed by atoms with E-state index in [2.05, 4.69) is 5.10 Å². The minimum Gasteiger partial charge on any atom is -0.341 e. The van der Waals surface area contributed by atoms with E-state index in [9.17, 15) is 9.59 Å². The van der Waals surface area contributed by atoms with Crippen molar-refractivity contribution in [2.45, 2.75) is 33.1 Å². The highest BCUT2D eigenvalue weighted by Gasteiger charge is 2.25. The molecular weight excluding hydrogens is 388 g/mol. The minimum absolute atomic E-state index is 0.0140. The Labute approximate surface area is 183 Å². The molecule has 1 aromatic heterocycles. The summed E-state index contributed by atoms with van der Waals surface area (Å²) in [5, 5.41) is 4.40. The van der Waals surface area contributed by atoms with Crippen molar-refractivity contribution in [3.63, 3.8) is 0 Å². The van der Waals surface area contributed by atoms with Crippen LogP contribution in [0, 0.1) is 13.8 Å². The quantitative estimate of drug-likeness (QED) is 0.628. The molecule has 1 aliphatic rings. The van der Waals surface area contributed by atoms with Crippen molar-refractivity contribution in [2.75, 3.05) is 24.5 Å². The number of carbonyl (C=O) groups excluding carboxylic acids is 2. The Kier molecular flexibility index (Phi) is 6.16. The number of anilines is 1. The predicted octanol–water partition coefficient (Wildman–Crippen LogP) is 4.15. The van der Waals surface area contributed by atoms with E-state index in [-0.39, 0.29) is 18.4 Å². The van der Waals surface area contributed by atoms with E-state index in [0.717, 1.165) is 49.2 Å². The van der Waals surface area contributed by atoms with E-state index in [4.69, 9.17) is 0 Å². The van der Waals surface area contributed by atoms with Crippen molar-refractivity contribution in [2.24, 2.45) is 0 Å². The van der Waals surface area contributed by atoms with Crippen molar-refractivity contribution in [3.05, 3.63) is 77.6 Å². The van der Waals surface area contributed by atoms with E-state index >= 15 is 0 Å². The van der Waals surface area contributed by atoms with Crippen LogP contribution in [0.15, 0.2) is 60.9 Å². The first kappa shape index (κ1) is 20.8. The van der Waals surface area contributed by atoms with Gasteiger partial charge in [0, 0.05) is 25.0 Å². The first-order chi connectivity index (χ1) is 15.0. The summed E-state index contributed by atoms with van der Waals surface area (Å²) in [6.45, 7) is 5.56. The van der Waals surface area contributed by atoms with Gasteiger partial charge >= 0.3 is 0 Å². The van der Waals surface area contributed by atoms with Crippen LogP contribution in [-0.4, -0.2) is 46.1 Å². The number of amides is 2. The molecule has 0 bridgehead atoms. The zero-order valence-electron chi connectivity index (χ0n) is 18.1. The fraction of sp³-hybridized carbons (Fsp3) is 0.320. The molecule has 31 heavy (non-hydrogen) atoms. The van der Waals surface area contributed by atoms with E-state index < -0.39 is 0 Å². The lowest BCUT2D eigenvalue weighted by atomic mass is 10.1. The van der Waals surface area contributed by atoms with Crippen LogP contribution in [0.2, 0.25) is 0 Å². The van der Waals surface area contributed by atoms with E-state index in [1.54, 1.807) is 22.0 Å². The Morgan fingerprint density at radius 1 is 0.968 bits per heavy atom. The fourth-order valence-corrected chi connectivity index (χ4v) is 3.92. The van der Waals surface area contributed by atoms with Gasteiger partial charge < -0.3 is 4.90 Å². The molecule has 1 aliphatic heterocycles. The molecule has 4 rings (SSSR count). The number of likely N-dealkylation sites (tertiary alicyclic amines) is 1. The summed E-state index contributed by atoms with van der Waals surface area (Å²) in [5.41, 5.74) is 4.26. The number of piperidine rings is 1. The van der Waals surface area contributed by atoms with E-state index in [0.29, 0.717) is 11.3 Å². The second kappa shape index (κ2) is 9.16. The van der Waals surface area contributed by atoms with Crippen molar-refractivity contribution in [1.29, 1.82) is 0 Å². The molecule has 0 radical (unpaired) electrons. The van der Waals surface area contributed by atoms with Crippen LogP contribution in [0.25, 0.3) is 5.69 Å². The molecule has 0 N–H and O–H groups in total. The lowest BCUT2D eigenvalue weighted by Crippen LogP contribution is -2.44. The number of rotatable bonds is 5. The Bertz CT molecular complexity index is 1070. The molecule has 0 aliphatic carbocycles. The van der Waals surface area contributed by atoms with Crippen molar-refractivity contribution >= 4 is 17.5 Å². The van der Waals surface area contributed by atoms with Gasteiger partial charge in [-0.2, -0.15) is 5.10 Å². The summed E-state index contributed by atoms with van der Waals surface area (Å²) in [7, 11) is 0. The summed E-state index contributed by atoms with van der Waals surface area (Å²) in [4.78, 5) is 29.9. The van der Waals surface area contributed by atoms with Crippen LogP contribution in [0.5, 0.6) is 0 Å². The molecule has 0 atom stereocenters. The van der Waals surface area contributed by atoms with Crippen LogP contribution in [0.3, 0.4) is 0 Å². The van der Waals surface area contributed by atoms with Gasteiger partial charge in [-0.15, -0.1) is 0 Å². The maximum Gasteiger partial charge on any atom is 0.261 e. The van der Waals surface area contributed by atoms with Crippen molar-refractivity contribution in [3.8, 4) is 5.69 Å². The third-order valence-corrected chi connectivity index (χ3v) is 5.78. The van der Waals surface area contributed by atoms with E-state index in [1.165, 1.54) is 0 Å². The zero-order valence-corrected chi connectivity index (χ0v) is 18.1. The molecule has 6 nitrogen and oxygen atoms in total. The highest BCUT2D eigenvalue weighted by molar-refractivity contribution is 6.08. The number of hydrogen-bond donors (Lipinski definition) is 0. The van der Waals surface area contributed by atoms with Gasteiger partial charge in [-0.1, -0.05) is 35.9 Å². The monoisotopic (exact) mass is 416 g/mol. The standard InChI is InChI=1S/C25H28N4O2/c1-19-10-12-22(13-11-19)28(18-24(30)27-14-6-3-7-15-27)25(31)21-16-26-29(17-21)23-9-5-4-8-20(23)2/h4-5,8-13,16-17H,3,6-7,14-15,18H2,1-2H3. The second-order valence-corrected chi connectivity index (χ2v) is 8.13. The molecule has 0 unspecified atom stereocenters. The highest BCUT2D eigenvalue weighted by Crippen LogP contribution is 2.20. The first-order valence-electron chi connectivity index (χ1n) is 10.8. The van der Waals surface area contributed by atoms with Gasteiger partial charge in [0.25, 0.3) is 5.91 Å². The fourth-order valence-electron chi connectivity index (χ4n) is 3.92. The molecule has 0 spiro atoms. The molecule has 1 saturated heterocycles. The smallest absolute Gasteiger partial charge is 0.261 e. The normalized spacial score (nSPS) is 13.8. The van der Waals surface area contributed by atoms with Gasteiger partial charge in [0.1, 0.15) is 6.54 Å². The number of aromatic nitrogens is 2. The topological polar surface area (TPSA) is 58.4 Å². The predicted molar refractivity (Wildman–Crippen MR) is 122 cm³/mol. The maximum atomic E-state index is 13.5. The number of benzene rings is 2. The van der Waals surface area contributed by atoms with Gasteiger partial charge in [0.2, 0.25) is 5.91 Å². The van der Waals surface area contributed by atoms with Crippen LogP contribution in [0.4, 0.5) is 5.69 Å². The van der Waals surface area contributed by atoms with Crippen LogP contribution in [-0.2, 0) is 4.79 Å². The van der Waals surface area contributed by atoms with Gasteiger partial charge in [0.15, 0.2) is 0 Å². The number of para-hydroxylation sites is 1. The molecule has 160 valence electrons. The molecule has 2 aromatic carbocycles. The molecule has 6 heteroatoms. The second-order valence-electron chi connectivity index (χ2n) is 8.13. The minimum atomic E-state index is -0.228. The number of aryl methyl sites for hydroxylation is 2. The van der Waals surface area contributed by atoms with Gasteiger partial charge in [-0.25, -0.2) is 4.68 Å². The maximum absolute atomic E-state index is 13.5. The lowest BCUT2D eigenvalue weighted by Gasteiger charge is -2.30. The summed E-state index contributed by atoms with van der Waals surface area (Å²) in [6, 6.07) is 15.6. The zero-order chi connectivity index (χ0) is 21.8. The Morgan fingerprint density at radius 2 is 1.68 bits per heavy atom. The average molecular weight is 417 g/mol. The van der Waals surface area contributed by atoms with E-state index in [1.807, 2.05) is 67.3 Å². The van der Waals surface area contributed by atoms with Crippen LogP contribution < -0.4 is 4.90 Å². The van der Waals surface area contributed by atoms with Crippen molar-refractivity contribution < 1.29 is 9.59 Å². The molecule has 3 aromatic rings. The number of nitrogens with zero attached hydrogens (tertiary/aromatic N) is 4. The highest BCUT2D eigenvalue weighted by atomic mass is 16.2. The Balaban J connectivity index is 1.61. The summed E-state index contributed by atoms with van der Waals surface area (Å²) >= 11 is 0. The van der Waals surface area contributed by atoms with Gasteiger partial charge in [-0.05, 0) is 56.9 Å².